The maximum Gasteiger partial charge on any atom is 0.139 e. The first-order valence-corrected chi connectivity index (χ1v) is 19.8. The van der Waals surface area contributed by atoms with E-state index in [9.17, 15) is 0 Å². The highest BCUT2D eigenvalue weighted by atomic mass is 16.3. The quantitative estimate of drug-likeness (QED) is 0.181. The lowest BCUT2D eigenvalue weighted by Crippen LogP contribution is -2.16. The minimum absolute atomic E-state index is 0.0317. The molecular formula is C53H47NO2. The second kappa shape index (κ2) is 12.0. The van der Waals surface area contributed by atoms with E-state index in [1.807, 2.05) is 6.07 Å². The van der Waals surface area contributed by atoms with Crippen molar-refractivity contribution < 1.29 is 8.83 Å². The molecule has 10 rings (SSSR count). The summed E-state index contributed by atoms with van der Waals surface area (Å²) in [5.41, 5.74) is 16.6. The molecule has 276 valence electrons. The van der Waals surface area contributed by atoms with Gasteiger partial charge < -0.3 is 13.7 Å². The van der Waals surface area contributed by atoms with Gasteiger partial charge in [0.2, 0.25) is 0 Å². The van der Waals surface area contributed by atoms with E-state index in [0.29, 0.717) is 0 Å². The van der Waals surface area contributed by atoms with Crippen LogP contribution in [0.4, 0.5) is 17.1 Å². The van der Waals surface area contributed by atoms with Gasteiger partial charge in [-0.15, -0.1) is 0 Å². The van der Waals surface area contributed by atoms with E-state index >= 15 is 0 Å². The van der Waals surface area contributed by atoms with E-state index in [2.05, 4.69) is 194 Å². The van der Waals surface area contributed by atoms with Crippen LogP contribution in [0.3, 0.4) is 0 Å². The molecule has 3 nitrogen and oxygen atoms in total. The Morgan fingerprint density at radius 2 is 1.16 bits per heavy atom. The van der Waals surface area contributed by atoms with Gasteiger partial charge in [-0.3, -0.25) is 0 Å². The van der Waals surface area contributed by atoms with Crippen LogP contribution in [0.1, 0.15) is 77.6 Å². The van der Waals surface area contributed by atoms with Crippen LogP contribution >= 0.6 is 0 Å². The van der Waals surface area contributed by atoms with E-state index in [4.69, 9.17) is 8.83 Å². The maximum atomic E-state index is 6.96. The van der Waals surface area contributed by atoms with E-state index in [0.717, 1.165) is 50.2 Å². The summed E-state index contributed by atoms with van der Waals surface area (Å²) >= 11 is 0. The maximum absolute atomic E-state index is 6.96. The molecule has 0 spiro atoms. The third-order valence-electron chi connectivity index (χ3n) is 12.1. The van der Waals surface area contributed by atoms with Crippen molar-refractivity contribution in [1.29, 1.82) is 0 Å². The average molecular weight is 730 g/mol. The van der Waals surface area contributed by atoms with Crippen LogP contribution in [0.2, 0.25) is 0 Å². The third-order valence-corrected chi connectivity index (χ3v) is 12.1. The molecular weight excluding hydrogens is 683 g/mol. The minimum atomic E-state index is -0.238. The largest absolute Gasteiger partial charge is 0.456 e. The fourth-order valence-electron chi connectivity index (χ4n) is 9.11. The first kappa shape index (κ1) is 34.4. The van der Waals surface area contributed by atoms with Crippen molar-refractivity contribution in [3.05, 3.63) is 162 Å². The molecule has 0 fully saturated rings. The van der Waals surface area contributed by atoms with Crippen molar-refractivity contribution in [2.45, 2.75) is 71.6 Å². The van der Waals surface area contributed by atoms with Gasteiger partial charge in [0.15, 0.2) is 0 Å². The van der Waals surface area contributed by atoms with E-state index < -0.39 is 0 Å². The summed E-state index contributed by atoms with van der Waals surface area (Å²) < 4.78 is 13.5. The number of benzene rings is 7. The molecule has 0 N–H and O–H groups in total. The van der Waals surface area contributed by atoms with Gasteiger partial charge in [-0.2, -0.15) is 0 Å². The SMILES string of the molecule is CC(C)(C)c1cc(C(C)(C)C)c2oc3ccc4c(c3c2c1)-c1c(N(c2ccc(-c3ccccc3)cc2)c2ccc3c(c2)oc2ccccc23)cccc1C4(C)C. The minimum Gasteiger partial charge on any atom is -0.456 e. The molecule has 0 aliphatic heterocycles. The normalized spacial score (nSPS) is 13.9. The smallest absolute Gasteiger partial charge is 0.139 e. The Morgan fingerprint density at radius 3 is 1.91 bits per heavy atom. The summed E-state index contributed by atoms with van der Waals surface area (Å²) in [6.07, 6.45) is 0. The molecule has 9 aromatic rings. The van der Waals surface area contributed by atoms with Crippen molar-refractivity contribution in [1.82, 2.24) is 0 Å². The predicted octanol–water partition coefficient (Wildman–Crippen LogP) is 15.5. The Kier molecular flexibility index (Phi) is 7.36. The zero-order valence-corrected chi connectivity index (χ0v) is 33.5. The van der Waals surface area contributed by atoms with E-state index in [1.165, 1.54) is 55.3 Å². The van der Waals surface area contributed by atoms with Crippen LogP contribution in [-0.4, -0.2) is 0 Å². The lowest BCUT2D eigenvalue weighted by atomic mass is 9.79. The van der Waals surface area contributed by atoms with Gasteiger partial charge in [0.1, 0.15) is 22.3 Å². The lowest BCUT2D eigenvalue weighted by molar-refractivity contribution is 0.559. The fraction of sp³-hybridized carbons (Fsp3) is 0.208. The average Bonchev–Trinajstić information content (AvgIpc) is 3.82. The Morgan fingerprint density at radius 1 is 0.482 bits per heavy atom. The van der Waals surface area contributed by atoms with Gasteiger partial charge >= 0.3 is 0 Å². The molecule has 0 amide bonds. The first-order chi connectivity index (χ1) is 26.8. The fourth-order valence-corrected chi connectivity index (χ4v) is 9.11. The summed E-state index contributed by atoms with van der Waals surface area (Å²) in [6.45, 7) is 18.6. The van der Waals surface area contributed by atoms with Gasteiger partial charge in [-0.25, -0.2) is 0 Å². The first-order valence-electron chi connectivity index (χ1n) is 19.8. The Labute approximate surface area is 329 Å². The third kappa shape index (κ3) is 5.17. The molecule has 1 aliphatic carbocycles. The number of hydrogen-bond acceptors (Lipinski definition) is 3. The van der Waals surface area contributed by atoms with Crippen molar-refractivity contribution in [3.8, 4) is 22.3 Å². The standard InChI is InChI=1S/C53H47NO2/c1-51(2,3)34-29-39-47-45(56-50(39)42(30-34)52(4,5)6)28-27-41-49(47)48-40(53(41,7)8)18-14-19-43(48)54(35-23-21-33(22-24-35)32-15-10-9-11-16-32)36-25-26-38-37-17-12-13-20-44(37)55-46(38)31-36/h9-31H,1-8H3. The molecule has 0 saturated carbocycles. The number of rotatable bonds is 4. The highest BCUT2D eigenvalue weighted by molar-refractivity contribution is 6.18. The molecule has 3 heteroatoms. The van der Waals surface area contributed by atoms with Crippen molar-refractivity contribution >= 4 is 60.9 Å². The second-order valence-electron chi connectivity index (χ2n) is 18.2. The molecule has 0 atom stereocenters. The zero-order chi connectivity index (χ0) is 38.7. The van der Waals surface area contributed by atoms with Crippen LogP contribution in [-0.2, 0) is 16.2 Å². The number of para-hydroxylation sites is 1. The molecule has 7 aromatic carbocycles. The molecule has 56 heavy (non-hydrogen) atoms. The summed E-state index contributed by atoms with van der Waals surface area (Å²) in [7, 11) is 0. The molecule has 0 unspecified atom stereocenters. The summed E-state index contributed by atoms with van der Waals surface area (Å²) in [5.74, 6) is 0. The van der Waals surface area contributed by atoms with Crippen LogP contribution in [0.5, 0.6) is 0 Å². The summed E-state index contributed by atoms with van der Waals surface area (Å²) in [6, 6.07) is 50.7. The predicted molar refractivity (Wildman–Crippen MR) is 236 cm³/mol. The van der Waals surface area contributed by atoms with E-state index in [-0.39, 0.29) is 16.2 Å². The van der Waals surface area contributed by atoms with Crippen molar-refractivity contribution in [2.24, 2.45) is 0 Å². The van der Waals surface area contributed by atoms with Crippen molar-refractivity contribution in [3.63, 3.8) is 0 Å². The summed E-state index contributed by atoms with van der Waals surface area (Å²) in [4.78, 5) is 2.42. The van der Waals surface area contributed by atoms with Crippen LogP contribution < -0.4 is 4.90 Å². The molecule has 0 saturated heterocycles. The molecule has 2 aromatic heterocycles. The Balaban J connectivity index is 1.28. The van der Waals surface area contributed by atoms with Gasteiger partial charge in [-0.05, 0) is 92.7 Å². The van der Waals surface area contributed by atoms with Crippen molar-refractivity contribution in [2.75, 3.05) is 4.90 Å². The number of furan rings is 2. The van der Waals surface area contributed by atoms with Crippen LogP contribution in [0.15, 0.2) is 148 Å². The molecule has 0 bridgehead atoms. The topological polar surface area (TPSA) is 29.5 Å². The Hall–Kier alpha value is -6.06. The number of hydrogen-bond donors (Lipinski definition) is 0. The van der Waals surface area contributed by atoms with Gasteiger partial charge in [-0.1, -0.05) is 140 Å². The Bertz CT molecular complexity index is 3000. The van der Waals surface area contributed by atoms with Gasteiger partial charge in [0.25, 0.3) is 0 Å². The van der Waals surface area contributed by atoms with Gasteiger partial charge in [0.05, 0.1) is 5.69 Å². The number of fused-ring (bicyclic) bond motifs is 10. The number of anilines is 3. The second-order valence-corrected chi connectivity index (χ2v) is 18.2. The molecule has 0 radical (unpaired) electrons. The van der Waals surface area contributed by atoms with Crippen LogP contribution in [0, 0.1) is 0 Å². The van der Waals surface area contributed by atoms with Gasteiger partial charge in [0, 0.05) is 55.5 Å². The number of nitrogens with zero attached hydrogens (tertiary/aromatic N) is 1. The molecule has 1 aliphatic rings. The van der Waals surface area contributed by atoms with E-state index in [1.54, 1.807) is 0 Å². The zero-order valence-electron chi connectivity index (χ0n) is 33.5. The molecule has 2 heterocycles. The monoisotopic (exact) mass is 729 g/mol. The summed E-state index contributed by atoms with van der Waals surface area (Å²) in [5, 5.41) is 4.63. The lowest BCUT2D eigenvalue weighted by Gasteiger charge is -2.29. The highest BCUT2D eigenvalue weighted by Crippen LogP contribution is 2.58. The highest BCUT2D eigenvalue weighted by Gasteiger charge is 2.40. The van der Waals surface area contributed by atoms with Crippen LogP contribution in [0.25, 0.3) is 66.1 Å².